The van der Waals surface area contributed by atoms with Crippen LogP contribution < -0.4 is 5.32 Å². The van der Waals surface area contributed by atoms with Gasteiger partial charge < -0.3 is 14.4 Å². The molecule has 2 aromatic rings. The van der Waals surface area contributed by atoms with Crippen LogP contribution in [-0.4, -0.2) is 23.3 Å². The zero-order valence-corrected chi connectivity index (χ0v) is 10.6. The van der Waals surface area contributed by atoms with Gasteiger partial charge in [0.05, 0.1) is 5.69 Å². The number of phenolic OH excluding ortho intramolecular Hbond substituents is 1. The summed E-state index contributed by atoms with van der Waals surface area (Å²) in [5.41, 5.74) is 1.31. The van der Waals surface area contributed by atoms with Gasteiger partial charge in [0, 0.05) is 13.2 Å². The van der Waals surface area contributed by atoms with Crippen molar-refractivity contribution < 1.29 is 19.2 Å². The van der Waals surface area contributed by atoms with Crippen LogP contribution in [0.3, 0.4) is 0 Å². The molecule has 0 saturated carbocycles. The predicted molar refractivity (Wildman–Crippen MR) is 67.7 cm³/mol. The molecule has 0 aliphatic carbocycles. The summed E-state index contributed by atoms with van der Waals surface area (Å²) in [5, 5.41) is 15.5. The minimum Gasteiger partial charge on any atom is -0.508 e. The molecule has 1 aromatic carbocycles. The van der Waals surface area contributed by atoms with Crippen molar-refractivity contribution in [2.45, 2.75) is 13.0 Å². The van der Waals surface area contributed by atoms with Crippen LogP contribution in [0, 0.1) is 6.92 Å². The third-order valence-electron chi connectivity index (χ3n) is 2.54. The Hall–Kier alpha value is -2.34. The van der Waals surface area contributed by atoms with Gasteiger partial charge in [-0.15, -0.1) is 0 Å². The minimum absolute atomic E-state index is 0.130. The number of aromatic nitrogens is 1. The maximum absolute atomic E-state index is 12.1. The van der Waals surface area contributed by atoms with Crippen molar-refractivity contribution in [1.29, 1.82) is 0 Å². The fraction of sp³-hybridized carbons (Fsp3) is 0.231. The van der Waals surface area contributed by atoms with Gasteiger partial charge in [0.25, 0.3) is 5.91 Å². The van der Waals surface area contributed by atoms with Crippen LogP contribution in [0.15, 0.2) is 34.9 Å². The van der Waals surface area contributed by atoms with Gasteiger partial charge in [0.2, 0.25) is 5.88 Å². The summed E-state index contributed by atoms with van der Waals surface area (Å²) in [6, 6.07) is 7.84. The smallest absolute Gasteiger partial charge is 0.260 e. The van der Waals surface area contributed by atoms with Gasteiger partial charge in [-0.2, -0.15) is 0 Å². The average molecular weight is 262 g/mol. The Labute approximate surface area is 110 Å². The van der Waals surface area contributed by atoms with Gasteiger partial charge in [-0.05, 0) is 24.6 Å². The molecule has 1 heterocycles. The van der Waals surface area contributed by atoms with Crippen LogP contribution in [0.25, 0.3) is 0 Å². The van der Waals surface area contributed by atoms with E-state index in [2.05, 4.69) is 10.5 Å². The molecular weight excluding hydrogens is 248 g/mol. The maximum Gasteiger partial charge on any atom is 0.260 e. The highest BCUT2D eigenvalue weighted by Gasteiger charge is 2.21. The van der Waals surface area contributed by atoms with Crippen LogP contribution in [-0.2, 0) is 9.53 Å². The Kier molecular flexibility index (Phi) is 3.82. The second kappa shape index (κ2) is 5.53. The summed E-state index contributed by atoms with van der Waals surface area (Å²) in [7, 11) is 1.43. The van der Waals surface area contributed by atoms with Crippen molar-refractivity contribution in [1.82, 2.24) is 5.16 Å². The normalized spacial score (nSPS) is 12.1. The lowest BCUT2D eigenvalue weighted by Gasteiger charge is -2.14. The van der Waals surface area contributed by atoms with Gasteiger partial charge in [-0.1, -0.05) is 17.3 Å². The number of aryl methyl sites for hydroxylation is 1. The fourth-order valence-corrected chi connectivity index (χ4v) is 1.65. The molecule has 0 bridgehead atoms. The molecule has 1 atom stereocenters. The van der Waals surface area contributed by atoms with E-state index in [1.165, 1.54) is 19.2 Å². The largest absolute Gasteiger partial charge is 0.508 e. The van der Waals surface area contributed by atoms with E-state index >= 15 is 0 Å². The molecule has 0 aliphatic heterocycles. The van der Waals surface area contributed by atoms with Gasteiger partial charge in [0.1, 0.15) is 5.75 Å². The van der Waals surface area contributed by atoms with E-state index in [4.69, 9.17) is 9.26 Å². The zero-order chi connectivity index (χ0) is 13.8. The van der Waals surface area contributed by atoms with Crippen molar-refractivity contribution in [3.63, 3.8) is 0 Å². The van der Waals surface area contributed by atoms with Crippen LogP contribution in [0.4, 0.5) is 5.88 Å². The van der Waals surface area contributed by atoms with Crippen LogP contribution in [0.2, 0.25) is 0 Å². The number of methoxy groups -OCH3 is 1. The fourth-order valence-electron chi connectivity index (χ4n) is 1.65. The zero-order valence-electron chi connectivity index (χ0n) is 10.6. The van der Waals surface area contributed by atoms with Crippen molar-refractivity contribution >= 4 is 11.8 Å². The summed E-state index contributed by atoms with van der Waals surface area (Å²) in [6.07, 6.45) is -0.786. The van der Waals surface area contributed by atoms with Gasteiger partial charge in [-0.3, -0.25) is 10.1 Å². The van der Waals surface area contributed by atoms with E-state index in [0.29, 0.717) is 11.3 Å². The second-order valence-corrected chi connectivity index (χ2v) is 4.03. The van der Waals surface area contributed by atoms with Crippen LogP contribution in [0.1, 0.15) is 17.4 Å². The van der Waals surface area contributed by atoms with E-state index in [1.807, 2.05) is 0 Å². The highest BCUT2D eigenvalue weighted by Crippen LogP contribution is 2.21. The maximum atomic E-state index is 12.1. The number of nitrogens with zero attached hydrogens (tertiary/aromatic N) is 1. The first-order chi connectivity index (χ1) is 9.10. The number of hydrogen-bond acceptors (Lipinski definition) is 5. The molecule has 0 fully saturated rings. The molecule has 19 heavy (non-hydrogen) atoms. The molecule has 1 amide bonds. The molecule has 1 unspecified atom stereocenters. The third kappa shape index (κ3) is 3.11. The van der Waals surface area contributed by atoms with Gasteiger partial charge in [-0.25, -0.2) is 0 Å². The Morgan fingerprint density at radius 3 is 2.63 bits per heavy atom. The number of amides is 1. The topological polar surface area (TPSA) is 84.6 Å². The molecular formula is C13H14N2O4. The summed E-state index contributed by atoms with van der Waals surface area (Å²) in [4.78, 5) is 12.1. The Bertz CT molecular complexity index is 562. The van der Waals surface area contributed by atoms with Gasteiger partial charge >= 0.3 is 0 Å². The summed E-state index contributed by atoms with van der Waals surface area (Å²) < 4.78 is 10.1. The van der Waals surface area contributed by atoms with E-state index in [-0.39, 0.29) is 17.5 Å². The van der Waals surface area contributed by atoms with Crippen molar-refractivity contribution in [3.8, 4) is 5.75 Å². The summed E-state index contributed by atoms with van der Waals surface area (Å²) >= 11 is 0. The highest BCUT2D eigenvalue weighted by atomic mass is 16.5. The molecule has 0 aliphatic rings. The lowest BCUT2D eigenvalue weighted by molar-refractivity contribution is -0.126. The molecule has 100 valence electrons. The van der Waals surface area contributed by atoms with Crippen LogP contribution >= 0.6 is 0 Å². The number of hydrogen-bond donors (Lipinski definition) is 2. The lowest BCUT2D eigenvalue weighted by atomic mass is 10.1. The van der Waals surface area contributed by atoms with E-state index in [9.17, 15) is 9.90 Å². The number of phenols is 1. The predicted octanol–water partition coefficient (Wildman–Crippen LogP) is 2.01. The number of nitrogens with one attached hydrogen (secondary N) is 1. The standard InChI is InChI=1S/C13H14N2O4/c1-8-7-11(19-15-8)14-13(17)12(18-2)9-3-5-10(16)6-4-9/h3-7,12,16H,1-2H3,(H,14,17). The molecule has 0 radical (unpaired) electrons. The Morgan fingerprint density at radius 1 is 1.42 bits per heavy atom. The molecule has 6 heteroatoms. The quantitative estimate of drug-likeness (QED) is 0.880. The number of benzene rings is 1. The molecule has 6 nitrogen and oxygen atoms in total. The first-order valence-electron chi connectivity index (χ1n) is 5.66. The number of aromatic hydroxyl groups is 1. The number of carbonyl (C=O) groups excluding carboxylic acids is 1. The first kappa shape index (κ1) is 13.1. The van der Waals surface area contributed by atoms with Gasteiger partial charge in [0.15, 0.2) is 6.10 Å². The Balaban J connectivity index is 2.13. The number of ether oxygens (including phenoxy) is 1. The molecule has 1 aromatic heterocycles. The average Bonchev–Trinajstić information content (AvgIpc) is 2.78. The van der Waals surface area contributed by atoms with Crippen molar-refractivity contribution in [2.24, 2.45) is 0 Å². The summed E-state index contributed by atoms with van der Waals surface area (Å²) in [5.74, 6) is 0.0255. The minimum atomic E-state index is -0.786. The van der Waals surface area contributed by atoms with E-state index in [0.717, 1.165) is 0 Å². The number of carbonyl (C=O) groups is 1. The molecule has 2 N–H and O–H groups in total. The van der Waals surface area contributed by atoms with Crippen molar-refractivity contribution in [2.75, 3.05) is 12.4 Å². The highest BCUT2D eigenvalue weighted by molar-refractivity contribution is 5.93. The number of rotatable bonds is 4. The first-order valence-corrected chi connectivity index (χ1v) is 5.66. The van der Waals surface area contributed by atoms with Crippen molar-refractivity contribution in [3.05, 3.63) is 41.6 Å². The monoisotopic (exact) mass is 262 g/mol. The number of anilines is 1. The van der Waals surface area contributed by atoms with E-state index in [1.54, 1.807) is 25.1 Å². The van der Waals surface area contributed by atoms with E-state index < -0.39 is 6.10 Å². The SMILES string of the molecule is COC(C(=O)Nc1cc(C)no1)c1ccc(O)cc1. The lowest BCUT2D eigenvalue weighted by Crippen LogP contribution is -2.22. The Morgan fingerprint density at radius 2 is 2.11 bits per heavy atom. The molecule has 2 rings (SSSR count). The molecule has 0 saturated heterocycles. The summed E-state index contributed by atoms with van der Waals surface area (Å²) in [6.45, 7) is 1.76. The van der Waals surface area contributed by atoms with Crippen LogP contribution in [0.5, 0.6) is 5.75 Å². The molecule has 0 spiro atoms. The second-order valence-electron chi connectivity index (χ2n) is 4.03. The third-order valence-corrected chi connectivity index (χ3v) is 2.54.